The molecule has 106 valence electrons. The Morgan fingerprint density at radius 1 is 1.05 bits per heavy atom. The zero-order valence-corrected chi connectivity index (χ0v) is 12.5. The quantitative estimate of drug-likeness (QED) is 0.718. The van der Waals surface area contributed by atoms with Gasteiger partial charge in [0.15, 0.2) is 5.82 Å². The molecule has 0 radical (unpaired) electrons. The number of nitrogens with two attached hydrogens (primary N) is 1. The number of hydrogen-bond donors (Lipinski definition) is 2. The van der Waals surface area contributed by atoms with Crippen molar-refractivity contribution in [2.75, 3.05) is 5.73 Å². The van der Waals surface area contributed by atoms with Gasteiger partial charge in [0.05, 0.1) is 10.7 Å². The van der Waals surface area contributed by atoms with Crippen molar-refractivity contribution in [3.63, 3.8) is 0 Å². The number of aromatic amines is 1. The van der Waals surface area contributed by atoms with Crippen LogP contribution in [0.4, 0.5) is 5.69 Å². The Hall–Kier alpha value is -2.04. The first kappa shape index (κ1) is 13.9. The average Bonchev–Trinajstić information content (AvgIpc) is 2.93. The average molecular weight is 319 g/mol. The predicted molar refractivity (Wildman–Crippen MR) is 85.5 cm³/mol. The van der Waals surface area contributed by atoms with E-state index in [0.29, 0.717) is 28.0 Å². The van der Waals surface area contributed by atoms with E-state index in [-0.39, 0.29) is 0 Å². The van der Waals surface area contributed by atoms with Crippen molar-refractivity contribution in [2.24, 2.45) is 0 Å². The number of nitrogens with zero attached hydrogens (tertiary/aromatic N) is 2. The third-order valence-corrected chi connectivity index (χ3v) is 3.81. The standard InChI is InChI=1S/C15H12Cl2N4/c16-11-4-2-1-3-9(11)8-14-19-15(21-20-14)10-5-6-12(17)13(18)7-10/h1-7H,8,18H2,(H,19,20,21). The largest absolute Gasteiger partial charge is 0.398 e. The van der Waals surface area contributed by atoms with Crippen LogP contribution in [0.2, 0.25) is 10.0 Å². The van der Waals surface area contributed by atoms with Gasteiger partial charge in [0, 0.05) is 17.0 Å². The monoisotopic (exact) mass is 318 g/mol. The van der Waals surface area contributed by atoms with Crippen molar-refractivity contribution in [3.8, 4) is 11.4 Å². The second-order valence-electron chi connectivity index (χ2n) is 4.61. The highest BCUT2D eigenvalue weighted by molar-refractivity contribution is 6.33. The molecule has 0 saturated heterocycles. The molecule has 1 aromatic heterocycles. The number of nitrogen functional groups attached to an aromatic ring is 1. The van der Waals surface area contributed by atoms with E-state index in [1.165, 1.54) is 0 Å². The molecule has 0 amide bonds. The van der Waals surface area contributed by atoms with Crippen LogP contribution in [0.25, 0.3) is 11.4 Å². The molecule has 0 aliphatic carbocycles. The lowest BCUT2D eigenvalue weighted by Gasteiger charge is -2.01. The molecule has 0 fully saturated rings. The SMILES string of the molecule is Nc1cc(-c2n[nH]c(Cc3ccccc3Cl)n2)ccc1Cl. The Kier molecular flexibility index (Phi) is 3.82. The molecule has 6 heteroatoms. The Morgan fingerprint density at radius 3 is 2.62 bits per heavy atom. The van der Waals surface area contributed by atoms with Gasteiger partial charge in [0.1, 0.15) is 5.82 Å². The van der Waals surface area contributed by atoms with E-state index in [4.69, 9.17) is 28.9 Å². The van der Waals surface area contributed by atoms with Gasteiger partial charge >= 0.3 is 0 Å². The lowest BCUT2D eigenvalue weighted by Crippen LogP contribution is -1.92. The summed E-state index contributed by atoms with van der Waals surface area (Å²) in [5.74, 6) is 1.33. The Morgan fingerprint density at radius 2 is 1.86 bits per heavy atom. The van der Waals surface area contributed by atoms with Crippen LogP contribution in [-0.2, 0) is 6.42 Å². The first-order chi connectivity index (χ1) is 10.1. The smallest absolute Gasteiger partial charge is 0.181 e. The maximum absolute atomic E-state index is 6.14. The molecule has 0 unspecified atom stereocenters. The molecular weight excluding hydrogens is 307 g/mol. The number of halogens is 2. The molecule has 4 nitrogen and oxygen atoms in total. The summed E-state index contributed by atoms with van der Waals surface area (Å²) >= 11 is 12.1. The van der Waals surface area contributed by atoms with E-state index in [1.807, 2.05) is 30.3 Å². The molecule has 0 bridgehead atoms. The lowest BCUT2D eigenvalue weighted by atomic mass is 10.1. The topological polar surface area (TPSA) is 67.6 Å². The van der Waals surface area contributed by atoms with Gasteiger partial charge in [-0.3, -0.25) is 5.10 Å². The van der Waals surface area contributed by atoms with Crippen LogP contribution < -0.4 is 5.73 Å². The molecular formula is C15H12Cl2N4. The fourth-order valence-electron chi connectivity index (χ4n) is 2.01. The summed E-state index contributed by atoms with van der Waals surface area (Å²) < 4.78 is 0. The minimum Gasteiger partial charge on any atom is -0.398 e. The second-order valence-corrected chi connectivity index (χ2v) is 5.42. The van der Waals surface area contributed by atoms with E-state index < -0.39 is 0 Å². The summed E-state index contributed by atoms with van der Waals surface area (Å²) in [5, 5.41) is 8.36. The van der Waals surface area contributed by atoms with Crippen LogP contribution in [0, 0.1) is 0 Å². The molecule has 3 N–H and O–H groups in total. The molecule has 21 heavy (non-hydrogen) atoms. The van der Waals surface area contributed by atoms with Crippen LogP contribution in [0.15, 0.2) is 42.5 Å². The van der Waals surface area contributed by atoms with Gasteiger partial charge in [-0.1, -0.05) is 41.4 Å². The fraction of sp³-hybridized carbons (Fsp3) is 0.0667. The first-order valence-electron chi connectivity index (χ1n) is 6.33. The maximum Gasteiger partial charge on any atom is 0.181 e. The Balaban J connectivity index is 1.86. The molecule has 0 atom stereocenters. The minimum absolute atomic E-state index is 0.506. The van der Waals surface area contributed by atoms with E-state index >= 15 is 0 Å². The molecule has 0 saturated carbocycles. The van der Waals surface area contributed by atoms with E-state index in [0.717, 1.165) is 17.0 Å². The van der Waals surface area contributed by atoms with Crippen molar-refractivity contribution >= 4 is 28.9 Å². The third-order valence-electron chi connectivity index (χ3n) is 3.10. The number of aromatic nitrogens is 3. The van der Waals surface area contributed by atoms with Crippen molar-refractivity contribution < 1.29 is 0 Å². The number of anilines is 1. The Labute approximate surface area is 131 Å². The highest BCUT2D eigenvalue weighted by atomic mass is 35.5. The van der Waals surface area contributed by atoms with Gasteiger partial charge in [-0.25, -0.2) is 4.98 Å². The van der Waals surface area contributed by atoms with E-state index in [1.54, 1.807) is 12.1 Å². The summed E-state index contributed by atoms with van der Waals surface area (Å²) in [4.78, 5) is 4.46. The molecule has 0 spiro atoms. The predicted octanol–water partition coefficient (Wildman–Crippen LogP) is 3.95. The number of nitrogens with one attached hydrogen (secondary N) is 1. The van der Waals surface area contributed by atoms with E-state index in [9.17, 15) is 0 Å². The zero-order chi connectivity index (χ0) is 14.8. The van der Waals surface area contributed by atoms with Crippen LogP contribution in [0.1, 0.15) is 11.4 Å². The fourth-order valence-corrected chi connectivity index (χ4v) is 2.33. The van der Waals surface area contributed by atoms with Crippen LogP contribution in [-0.4, -0.2) is 15.2 Å². The van der Waals surface area contributed by atoms with Gasteiger partial charge in [-0.05, 0) is 29.8 Å². The van der Waals surface area contributed by atoms with E-state index in [2.05, 4.69) is 15.2 Å². The van der Waals surface area contributed by atoms with Gasteiger partial charge < -0.3 is 5.73 Å². The molecule has 3 rings (SSSR count). The summed E-state index contributed by atoms with van der Waals surface area (Å²) in [7, 11) is 0. The number of benzene rings is 2. The summed E-state index contributed by atoms with van der Waals surface area (Å²) in [6.07, 6.45) is 0.593. The molecule has 0 aliphatic heterocycles. The number of hydrogen-bond acceptors (Lipinski definition) is 3. The van der Waals surface area contributed by atoms with Crippen LogP contribution >= 0.6 is 23.2 Å². The summed E-state index contributed by atoms with van der Waals surface area (Å²) in [6, 6.07) is 13.0. The third kappa shape index (κ3) is 3.01. The van der Waals surface area contributed by atoms with Crippen LogP contribution in [0.3, 0.4) is 0 Å². The number of rotatable bonds is 3. The summed E-state index contributed by atoms with van der Waals surface area (Å²) in [5.41, 5.74) is 8.11. The van der Waals surface area contributed by atoms with Gasteiger partial charge in [-0.2, -0.15) is 5.10 Å². The van der Waals surface area contributed by atoms with Gasteiger partial charge in [0.2, 0.25) is 0 Å². The van der Waals surface area contributed by atoms with Crippen molar-refractivity contribution in [1.82, 2.24) is 15.2 Å². The molecule has 3 aromatic rings. The first-order valence-corrected chi connectivity index (χ1v) is 7.09. The second kappa shape index (κ2) is 5.76. The zero-order valence-electron chi connectivity index (χ0n) is 11.0. The lowest BCUT2D eigenvalue weighted by molar-refractivity contribution is 0.973. The Bertz CT molecular complexity index is 783. The summed E-state index contributed by atoms with van der Waals surface area (Å²) in [6.45, 7) is 0. The normalized spacial score (nSPS) is 10.8. The minimum atomic E-state index is 0.506. The number of H-pyrrole nitrogens is 1. The highest BCUT2D eigenvalue weighted by Crippen LogP contribution is 2.25. The van der Waals surface area contributed by atoms with Crippen LogP contribution in [0.5, 0.6) is 0 Å². The van der Waals surface area contributed by atoms with Gasteiger partial charge in [0.25, 0.3) is 0 Å². The van der Waals surface area contributed by atoms with Crippen molar-refractivity contribution in [2.45, 2.75) is 6.42 Å². The van der Waals surface area contributed by atoms with Gasteiger partial charge in [-0.15, -0.1) is 0 Å². The maximum atomic E-state index is 6.14. The van der Waals surface area contributed by atoms with Crippen molar-refractivity contribution in [3.05, 3.63) is 63.9 Å². The molecule has 2 aromatic carbocycles. The highest BCUT2D eigenvalue weighted by Gasteiger charge is 2.09. The molecule has 1 heterocycles. The van der Waals surface area contributed by atoms with Crippen molar-refractivity contribution in [1.29, 1.82) is 0 Å². The molecule has 0 aliphatic rings.